The Labute approximate surface area is 151 Å². The van der Waals surface area contributed by atoms with Crippen molar-refractivity contribution in [2.24, 2.45) is 0 Å². The summed E-state index contributed by atoms with van der Waals surface area (Å²) in [6.45, 7) is 1.62. The molecule has 6 nitrogen and oxygen atoms in total. The van der Waals surface area contributed by atoms with Crippen LogP contribution in [0.5, 0.6) is 0 Å². The minimum absolute atomic E-state index is 0.0168. The average molecular weight is 356 g/mol. The van der Waals surface area contributed by atoms with Crippen LogP contribution in [0, 0.1) is 5.82 Å². The van der Waals surface area contributed by atoms with Crippen molar-refractivity contribution in [1.82, 2.24) is 20.2 Å². The maximum absolute atomic E-state index is 12.9. The number of amides is 2. The molecule has 0 saturated carbocycles. The molecule has 1 aliphatic rings. The Balaban J connectivity index is 1.47. The lowest BCUT2D eigenvalue weighted by atomic mass is 9.94. The van der Waals surface area contributed by atoms with Crippen LogP contribution in [-0.2, 0) is 4.79 Å². The Bertz CT molecular complexity index is 752. The fraction of sp³-hybridized carbons (Fsp3) is 0.368. The molecule has 0 bridgehead atoms. The van der Waals surface area contributed by atoms with Crippen LogP contribution in [0.15, 0.2) is 42.9 Å². The lowest BCUT2D eigenvalue weighted by Crippen LogP contribution is -2.40. The molecule has 2 heterocycles. The molecule has 0 radical (unpaired) electrons. The van der Waals surface area contributed by atoms with Crippen molar-refractivity contribution in [3.05, 3.63) is 59.9 Å². The van der Waals surface area contributed by atoms with E-state index in [1.807, 2.05) is 11.0 Å². The number of likely N-dealkylation sites (tertiary alicyclic amines) is 1. The summed E-state index contributed by atoms with van der Waals surface area (Å²) < 4.78 is 12.9. The quantitative estimate of drug-likeness (QED) is 0.891. The Kier molecular flexibility index (Phi) is 5.88. The van der Waals surface area contributed by atoms with E-state index in [9.17, 15) is 14.0 Å². The first-order valence-corrected chi connectivity index (χ1v) is 8.71. The second-order valence-corrected chi connectivity index (χ2v) is 6.33. The number of nitrogens with one attached hydrogen (secondary N) is 1. The summed E-state index contributed by atoms with van der Waals surface area (Å²) in [5, 5.41) is 2.70. The number of hydrogen-bond donors (Lipinski definition) is 1. The van der Waals surface area contributed by atoms with Gasteiger partial charge in [0.2, 0.25) is 5.91 Å². The second kappa shape index (κ2) is 8.51. The minimum atomic E-state index is -0.389. The number of rotatable bonds is 5. The van der Waals surface area contributed by atoms with Crippen LogP contribution in [0.25, 0.3) is 0 Å². The molecule has 0 spiro atoms. The summed E-state index contributed by atoms with van der Waals surface area (Å²) in [4.78, 5) is 34.5. The molecule has 7 heteroatoms. The van der Waals surface area contributed by atoms with Gasteiger partial charge in [0, 0.05) is 49.4 Å². The summed E-state index contributed by atoms with van der Waals surface area (Å²) in [6.07, 6.45) is 5.42. The fourth-order valence-corrected chi connectivity index (χ4v) is 3.13. The number of aromatic nitrogens is 2. The number of benzene rings is 1. The van der Waals surface area contributed by atoms with Crippen LogP contribution < -0.4 is 5.32 Å². The van der Waals surface area contributed by atoms with Gasteiger partial charge in [0.15, 0.2) is 0 Å². The zero-order valence-corrected chi connectivity index (χ0v) is 14.4. The predicted molar refractivity (Wildman–Crippen MR) is 93.9 cm³/mol. The normalized spacial score (nSPS) is 17.0. The number of carbonyl (C=O) groups excluding carboxylic acids is 2. The monoisotopic (exact) mass is 356 g/mol. The van der Waals surface area contributed by atoms with Crippen molar-refractivity contribution in [3.63, 3.8) is 0 Å². The van der Waals surface area contributed by atoms with Gasteiger partial charge < -0.3 is 10.2 Å². The highest BCUT2D eigenvalue weighted by atomic mass is 19.1. The Hall–Kier alpha value is -2.83. The van der Waals surface area contributed by atoms with E-state index in [4.69, 9.17) is 0 Å². The van der Waals surface area contributed by atoms with Crippen molar-refractivity contribution in [2.45, 2.75) is 25.2 Å². The zero-order valence-electron chi connectivity index (χ0n) is 14.4. The third kappa shape index (κ3) is 4.62. The van der Waals surface area contributed by atoms with E-state index in [-0.39, 0.29) is 36.5 Å². The molecular weight excluding hydrogens is 335 g/mol. The van der Waals surface area contributed by atoms with Crippen molar-refractivity contribution >= 4 is 11.8 Å². The van der Waals surface area contributed by atoms with Gasteiger partial charge in [-0.1, -0.05) is 0 Å². The summed E-state index contributed by atoms with van der Waals surface area (Å²) in [5.41, 5.74) is 1.34. The molecule has 2 amide bonds. The predicted octanol–water partition coefficient (Wildman–Crippen LogP) is 2.14. The molecule has 1 aromatic heterocycles. The van der Waals surface area contributed by atoms with Crippen molar-refractivity contribution in [2.75, 3.05) is 19.6 Å². The Morgan fingerprint density at radius 2 is 2.04 bits per heavy atom. The first-order valence-electron chi connectivity index (χ1n) is 8.71. The smallest absolute Gasteiger partial charge is 0.251 e. The molecule has 1 aliphatic heterocycles. The van der Waals surface area contributed by atoms with Crippen molar-refractivity contribution < 1.29 is 14.0 Å². The SMILES string of the molecule is O=C(NCCC(=O)N1CCC[C@@H](c2ccncn2)C1)c1ccc(F)cc1. The van der Waals surface area contributed by atoms with E-state index in [1.54, 1.807) is 6.20 Å². The van der Waals surface area contributed by atoms with Gasteiger partial charge in [-0.15, -0.1) is 0 Å². The number of hydrogen-bond acceptors (Lipinski definition) is 4. The van der Waals surface area contributed by atoms with Crippen molar-refractivity contribution in [3.8, 4) is 0 Å². The highest BCUT2D eigenvalue weighted by molar-refractivity contribution is 5.94. The summed E-state index contributed by atoms with van der Waals surface area (Å²) in [7, 11) is 0. The largest absolute Gasteiger partial charge is 0.352 e. The molecule has 1 fully saturated rings. The number of nitrogens with zero attached hydrogens (tertiary/aromatic N) is 3. The van der Waals surface area contributed by atoms with Gasteiger partial charge in [0.1, 0.15) is 12.1 Å². The minimum Gasteiger partial charge on any atom is -0.352 e. The number of piperidine rings is 1. The lowest BCUT2D eigenvalue weighted by molar-refractivity contribution is -0.132. The van der Waals surface area contributed by atoms with E-state index in [0.29, 0.717) is 12.1 Å². The molecule has 0 unspecified atom stereocenters. The van der Waals surface area contributed by atoms with Crippen LogP contribution in [0.4, 0.5) is 4.39 Å². The van der Waals surface area contributed by atoms with E-state index < -0.39 is 0 Å². The topological polar surface area (TPSA) is 75.2 Å². The van der Waals surface area contributed by atoms with Gasteiger partial charge in [0.05, 0.1) is 0 Å². The molecule has 3 rings (SSSR count). The van der Waals surface area contributed by atoms with Crippen molar-refractivity contribution in [1.29, 1.82) is 0 Å². The summed E-state index contributed by atoms with van der Waals surface area (Å²) >= 11 is 0. The molecule has 1 saturated heterocycles. The van der Waals surface area contributed by atoms with Gasteiger partial charge in [-0.25, -0.2) is 14.4 Å². The molecular formula is C19H21FN4O2. The highest BCUT2D eigenvalue weighted by Crippen LogP contribution is 2.25. The van der Waals surface area contributed by atoms with E-state index in [1.165, 1.54) is 30.6 Å². The first kappa shape index (κ1) is 18.0. The third-order valence-electron chi connectivity index (χ3n) is 4.53. The molecule has 0 aliphatic carbocycles. The van der Waals surface area contributed by atoms with Crippen LogP contribution >= 0.6 is 0 Å². The standard InChI is InChI=1S/C19H21FN4O2/c20-16-5-3-14(4-6-16)19(26)22-10-8-18(25)24-11-1-2-15(12-24)17-7-9-21-13-23-17/h3-7,9,13,15H,1-2,8,10-12H2,(H,22,26)/t15-/m1/s1. The Morgan fingerprint density at radius 1 is 1.23 bits per heavy atom. The summed E-state index contributed by atoms with van der Waals surface area (Å²) in [6, 6.07) is 7.20. The average Bonchev–Trinajstić information content (AvgIpc) is 2.69. The van der Waals surface area contributed by atoms with E-state index in [2.05, 4.69) is 15.3 Å². The molecule has 1 atom stereocenters. The zero-order chi connectivity index (χ0) is 18.4. The molecule has 1 aromatic carbocycles. The van der Waals surface area contributed by atoms with Gasteiger partial charge in [-0.3, -0.25) is 9.59 Å². The van der Waals surface area contributed by atoms with Gasteiger partial charge in [-0.2, -0.15) is 0 Å². The van der Waals surface area contributed by atoms with Crippen LogP contribution in [0.3, 0.4) is 0 Å². The van der Waals surface area contributed by atoms with Gasteiger partial charge >= 0.3 is 0 Å². The highest BCUT2D eigenvalue weighted by Gasteiger charge is 2.25. The molecule has 2 aromatic rings. The van der Waals surface area contributed by atoms with E-state index in [0.717, 1.165) is 25.1 Å². The third-order valence-corrected chi connectivity index (χ3v) is 4.53. The maximum atomic E-state index is 12.9. The fourth-order valence-electron chi connectivity index (χ4n) is 3.13. The first-order chi connectivity index (χ1) is 12.6. The van der Waals surface area contributed by atoms with E-state index >= 15 is 0 Å². The number of carbonyl (C=O) groups is 2. The maximum Gasteiger partial charge on any atom is 0.251 e. The van der Waals surface area contributed by atoms with Crippen LogP contribution in [0.2, 0.25) is 0 Å². The second-order valence-electron chi connectivity index (χ2n) is 6.33. The van der Waals surface area contributed by atoms with Gasteiger partial charge in [0.25, 0.3) is 5.91 Å². The molecule has 1 N–H and O–H groups in total. The molecule has 26 heavy (non-hydrogen) atoms. The Morgan fingerprint density at radius 3 is 2.77 bits per heavy atom. The lowest BCUT2D eigenvalue weighted by Gasteiger charge is -2.32. The summed E-state index contributed by atoms with van der Waals surface area (Å²) in [5.74, 6) is -0.456. The van der Waals surface area contributed by atoms with Gasteiger partial charge in [-0.05, 0) is 43.2 Å². The molecule has 136 valence electrons. The van der Waals surface area contributed by atoms with Crippen LogP contribution in [-0.4, -0.2) is 46.3 Å². The van der Waals surface area contributed by atoms with Crippen LogP contribution in [0.1, 0.15) is 41.2 Å². The number of halogens is 1.